The normalized spacial score (nSPS) is 14.2. The minimum absolute atomic E-state index is 0.106. The van der Waals surface area contributed by atoms with Crippen LogP contribution in [0, 0.1) is 23.7 Å². The van der Waals surface area contributed by atoms with E-state index in [9.17, 15) is 43.2 Å². The third-order valence-corrected chi connectivity index (χ3v) is 19.2. The summed E-state index contributed by atoms with van der Waals surface area (Å²) in [5.41, 5.74) is 0. The van der Waals surface area contributed by atoms with Crippen molar-refractivity contribution < 1.29 is 80.2 Å². The van der Waals surface area contributed by atoms with E-state index < -0.39 is 97.5 Å². The standard InChI is InChI=1S/C75H146O17P2/c1-65(2)51-43-35-27-20-15-11-9-10-12-17-23-32-41-49-57-74(79)92-71(62-86-73(78)56-48-40-34-26-30-38-46-54-68(7)8)64-90-94(83,84)88-60-69(76)59-87-93(81,82)89-63-70(61-85-72(77)55-47-39-31-25-19-22-29-37-45-53-67(5)6)91-75(80)58-50-42-33-24-18-14-13-16-21-28-36-44-52-66(3)4/h65-71,76H,9-64H2,1-8H3,(H,81,82)(H,83,84)/t69?,70-,71-/m1/s1. The molecule has 19 heteroatoms. The number of rotatable bonds is 72. The summed E-state index contributed by atoms with van der Waals surface area (Å²) in [6.45, 7) is 14.2. The highest BCUT2D eigenvalue weighted by Crippen LogP contribution is 2.45. The molecular weight excluding hydrogens is 1230 g/mol. The lowest BCUT2D eigenvalue weighted by atomic mass is 10.0. The Hall–Kier alpha value is -1.94. The van der Waals surface area contributed by atoms with Crippen LogP contribution in [0.4, 0.5) is 0 Å². The van der Waals surface area contributed by atoms with Crippen LogP contribution in [0.1, 0.15) is 376 Å². The predicted octanol–water partition coefficient (Wildman–Crippen LogP) is 21.7. The van der Waals surface area contributed by atoms with Crippen molar-refractivity contribution in [3.8, 4) is 0 Å². The quantitative estimate of drug-likeness (QED) is 0.0222. The largest absolute Gasteiger partial charge is 0.472 e. The van der Waals surface area contributed by atoms with Crippen LogP contribution >= 0.6 is 15.6 Å². The van der Waals surface area contributed by atoms with Gasteiger partial charge in [-0.3, -0.25) is 37.3 Å². The highest BCUT2D eigenvalue weighted by Gasteiger charge is 2.30. The first-order valence-electron chi connectivity index (χ1n) is 38.7. The molecule has 0 radical (unpaired) electrons. The van der Waals surface area contributed by atoms with Crippen molar-refractivity contribution in [1.29, 1.82) is 0 Å². The SMILES string of the molecule is CC(C)CCCCCCCCCCCCCCCCC(=O)O[C@H](COC(=O)CCCCCCCCCC(C)C)COP(=O)(O)OCC(O)COP(=O)(O)OC[C@@H](COC(=O)CCCCCCCCCCCC(C)C)OC(=O)CCCCCCCCCCCCCCC(C)C. The van der Waals surface area contributed by atoms with E-state index in [1.807, 2.05) is 0 Å². The zero-order valence-electron chi connectivity index (χ0n) is 61.6. The molecule has 0 heterocycles. The van der Waals surface area contributed by atoms with E-state index >= 15 is 0 Å². The smallest absolute Gasteiger partial charge is 0.462 e. The molecular formula is C75H146O17P2. The highest BCUT2D eigenvalue weighted by atomic mass is 31.2. The molecule has 0 amide bonds. The maximum absolute atomic E-state index is 13.1. The van der Waals surface area contributed by atoms with Gasteiger partial charge in [0.05, 0.1) is 26.4 Å². The molecule has 0 spiro atoms. The van der Waals surface area contributed by atoms with E-state index in [1.165, 1.54) is 173 Å². The van der Waals surface area contributed by atoms with Crippen LogP contribution < -0.4 is 0 Å². The Morgan fingerprint density at radius 2 is 0.447 bits per heavy atom. The van der Waals surface area contributed by atoms with Crippen LogP contribution in [0.25, 0.3) is 0 Å². The van der Waals surface area contributed by atoms with Gasteiger partial charge in [-0.1, -0.05) is 325 Å². The number of phosphoric ester groups is 2. The first-order chi connectivity index (χ1) is 45.1. The van der Waals surface area contributed by atoms with E-state index in [4.69, 9.17) is 37.0 Å². The number of unbranched alkanes of at least 4 members (excludes halogenated alkanes) is 38. The first-order valence-corrected chi connectivity index (χ1v) is 41.7. The number of hydrogen-bond donors (Lipinski definition) is 3. The van der Waals surface area contributed by atoms with Crippen molar-refractivity contribution in [2.45, 2.75) is 395 Å². The summed E-state index contributed by atoms with van der Waals surface area (Å²) < 4.78 is 68.5. The van der Waals surface area contributed by atoms with Crippen molar-refractivity contribution in [3.63, 3.8) is 0 Å². The molecule has 0 rings (SSSR count). The Morgan fingerprint density at radius 1 is 0.266 bits per heavy atom. The fourth-order valence-electron chi connectivity index (χ4n) is 11.4. The molecule has 0 aliphatic rings. The second-order valence-electron chi connectivity index (χ2n) is 28.9. The molecule has 0 fully saturated rings. The van der Waals surface area contributed by atoms with Crippen molar-refractivity contribution >= 4 is 39.5 Å². The number of esters is 4. The first kappa shape index (κ1) is 92.1. The van der Waals surface area contributed by atoms with Crippen LogP contribution in [0.3, 0.4) is 0 Å². The van der Waals surface area contributed by atoms with E-state index in [0.717, 1.165) is 114 Å². The van der Waals surface area contributed by atoms with Crippen LogP contribution in [0.5, 0.6) is 0 Å². The molecule has 0 aromatic heterocycles. The van der Waals surface area contributed by atoms with Gasteiger partial charge >= 0.3 is 39.5 Å². The fraction of sp³-hybridized carbons (Fsp3) is 0.947. The summed E-state index contributed by atoms with van der Waals surface area (Å²) in [6.07, 6.45) is 48.6. The number of ether oxygens (including phenoxy) is 4. The van der Waals surface area contributed by atoms with E-state index in [2.05, 4.69) is 55.4 Å². The van der Waals surface area contributed by atoms with Gasteiger partial charge in [-0.05, 0) is 49.4 Å². The van der Waals surface area contributed by atoms with Crippen molar-refractivity contribution in [3.05, 3.63) is 0 Å². The molecule has 94 heavy (non-hydrogen) atoms. The number of carbonyl (C=O) groups is 4. The average Bonchev–Trinajstić information content (AvgIpc) is 1.92. The molecule has 0 saturated carbocycles. The second-order valence-corrected chi connectivity index (χ2v) is 31.9. The zero-order chi connectivity index (χ0) is 69.6. The monoisotopic (exact) mass is 1380 g/mol. The molecule has 0 aromatic rings. The molecule has 0 aromatic carbocycles. The maximum Gasteiger partial charge on any atom is 0.472 e. The number of hydrogen-bond acceptors (Lipinski definition) is 15. The molecule has 3 unspecified atom stereocenters. The highest BCUT2D eigenvalue weighted by molar-refractivity contribution is 7.47. The Bertz CT molecular complexity index is 1850. The third-order valence-electron chi connectivity index (χ3n) is 17.3. The lowest BCUT2D eigenvalue weighted by Gasteiger charge is -2.21. The zero-order valence-corrected chi connectivity index (χ0v) is 63.4. The van der Waals surface area contributed by atoms with Crippen LogP contribution in [0.15, 0.2) is 0 Å². The van der Waals surface area contributed by atoms with Gasteiger partial charge in [0, 0.05) is 25.7 Å². The minimum atomic E-state index is -4.96. The second kappa shape index (κ2) is 64.4. The van der Waals surface area contributed by atoms with Gasteiger partial charge in [-0.15, -0.1) is 0 Å². The summed E-state index contributed by atoms with van der Waals surface area (Å²) in [5, 5.41) is 10.6. The Balaban J connectivity index is 5.24. The maximum atomic E-state index is 13.1. The fourth-order valence-corrected chi connectivity index (χ4v) is 13.0. The summed E-state index contributed by atoms with van der Waals surface area (Å²) in [5.74, 6) is 0.898. The minimum Gasteiger partial charge on any atom is -0.462 e. The number of phosphoric acid groups is 2. The van der Waals surface area contributed by atoms with Crippen LogP contribution in [-0.2, 0) is 65.4 Å². The number of aliphatic hydroxyl groups excluding tert-OH is 1. The summed E-state index contributed by atoms with van der Waals surface area (Å²) in [4.78, 5) is 72.8. The molecule has 0 bridgehead atoms. The van der Waals surface area contributed by atoms with Gasteiger partial charge in [0.2, 0.25) is 0 Å². The molecule has 3 N–H and O–H groups in total. The number of carbonyl (C=O) groups excluding carboxylic acids is 4. The van der Waals surface area contributed by atoms with Crippen molar-refractivity contribution in [1.82, 2.24) is 0 Å². The summed E-state index contributed by atoms with van der Waals surface area (Å²) >= 11 is 0. The Kier molecular flexibility index (Phi) is 63.1. The molecule has 17 nitrogen and oxygen atoms in total. The van der Waals surface area contributed by atoms with Gasteiger partial charge in [0.25, 0.3) is 0 Å². The van der Waals surface area contributed by atoms with Crippen LogP contribution in [0.2, 0.25) is 0 Å². The summed E-state index contributed by atoms with van der Waals surface area (Å²) in [6, 6.07) is 0. The molecule has 558 valence electrons. The van der Waals surface area contributed by atoms with E-state index in [1.54, 1.807) is 0 Å². The third kappa shape index (κ3) is 68.6. The van der Waals surface area contributed by atoms with Gasteiger partial charge in [-0.25, -0.2) is 9.13 Å². The van der Waals surface area contributed by atoms with Gasteiger partial charge in [0.1, 0.15) is 19.3 Å². The van der Waals surface area contributed by atoms with Gasteiger partial charge in [0.15, 0.2) is 12.2 Å². The van der Waals surface area contributed by atoms with Crippen molar-refractivity contribution in [2.75, 3.05) is 39.6 Å². The Morgan fingerprint density at radius 3 is 0.660 bits per heavy atom. The van der Waals surface area contributed by atoms with E-state index in [-0.39, 0.29) is 25.7 Å². The van der Waals surface area contributed by atoms with Gasteiger partial charge < -0.3 is 33.8 Å². The molecule has 0 aliphatic carbocycles. The lowest BCUT2D eigenvalue weighted by Crippen LogP contribution is -2.30. The van der Waals surface area contributed by atoms with Crippen molar-refractivity contribution in [2.24, 2.45) is 23.7 Å². The van der Waals surface area contributed by atoms with Gasteiger partial charge in [-0.2, -0.15) is 0 Å². The molecule has 0 saturated heterocycles. The molecule has 0 aliphatic heterocycles. The van der Waals surface area contributed by atoms with E-state index in [0.29, 0.717) is 31.6 Å². The van der Waals surface area contributed by atoms with Crippen LogP contribution in [-0.4, -0.2) is 96.7 Å². The summed E-state index contributed by atoms with van der Waals surface area (Å²) in [7, 11) is -9.91. The average molecular weight is 1380 g/mol. The number of aliphatic hydroxyl groups is 1. The topological polar surface area (TPSA) is 237 Å². The molecule has 5 atom stereocenters. The Labute approximate surface area is 575 Å². The predicted molar refractivity (Wildman–Crippen MR) is 381 cm³/mol. The lowest BCUT2D eigenvalue weighted by molar-refractivity contribution is -0.161.